The molecule has 4 nitrogen and oxygen atoms in total. The van der Waals surface area contributed by atoms with Gasteiger partial charge >= 0.3 is 0 Å². The van der Waals surface area contributed by atoms with Gasteiger partial charge in [-0.1, -0.05) is 25.0 Å². The van der Waals surface area contributed by atoms with E-state index in [1.807, 2.05) is 24.3 Å². The van der Waals surface area contributed by atoms with Crippen molar-refractivity contribution in [2.24, 2.45) is 0 Å². The van der Waals surface area contributed by atoms with E-state index in [9.17, 15) is 5.26 Å². The van der Waals surface area contributed by atoms with Crippen LogP contribution in [0.1, 0.15) is 42.5 Å². The van der Waals surface area contributed by atoms with Gasteiger partial charge in [0.2, 0.25) is 0 Å². The molecule has 118 valence electrons. The third-order valence-corrected chi connectivity index (χ3v) is 4.56. The van der Waals surface area contributed by atoms with Gasteiger partial charge in [0.25, 0.3) is 5.82 Å². The molecule has 23 heavy (non-hydrogen) atoms. The molecule has 0 fully saturated rings. The molecule has 3 rings (SSSR count). The summed E-state index contributed by atoms with van der Waals surface area (Å²) in [5.41, 5.74) is 11.1. The Kier molecular flexibility index (Phi) is 4.47. The number of fused-ring (bicyclic) bond motifs is 1. The molecule has 0 bridgehead atoms. The first kappa shape index (κ1) is 15.4. The van der Waals surface area contributed by atoms with Crippen LogP contribution in [-0.4, -0.2) is 7.11 Å². The Labute approximate surface area is 136 Å². The van der Waals surface area contributed by atoms with E-state index in [0.717, 1.165) is 42.6 Å². The van der Waals surface area contributed by atoms with E-state index in [2.05, 4.69) is 11.1 Å². The number of methoxy groups -OCH3 is 1. The Morgan fingerprint density at radius 2 is 1.78 bits per heavy atom. The summed E-state index contributed by atoms with van der Waals surface area (Å²) in [7, 11) is 1.65. The van der Waals surface area contributed by atoms with Crippen molar-refractivity contribution in [1.29, 1.82) is 5.26 Å². The van der Waals surface area contributed by atoms with Gasteiger partial charge in [-0.05, 0) is 37.0 Å². The van der Waals surface area contributed by atoms with Crippen LogP contribution in [0.3, 0.4) is 0 Å². The Bertz CT molecular complexity index is 745. The number of benzene rings is 1. The highest BCUT2D eigenvalue weighted by atomic mass is 16.5. The number of nitrogen functional groups attached to an aromatic ring is 1. The van der Waals surface area contributed by atoms with Gasteiger partial charge in [0.15, 0.2) is 0 Å². The van der Waals surface area contributed by atoms with Crippen LogP contribution in [0.15, 0.2) is 24.3 Å². The van der Waals surface area contributed by atoms with Crippen LogP contribution in [0.25, 0.3) is 11.1 Å². The zero-order valence-corrected chi connectivity index (χ0v) is 13.5. The second-order valence-electron chi connectivity index (χ2n) is 6.00. The predicted octanol–water partition coefficient (Wildman–Crippen LogP) is 3.29. The molecular formula is C19H22N3O+. The molecule has 0 spiro atoms. The third-order valence-electron chi connectivity index (χ3n) is 4.56. The lowest BCUT2D eigenvalue weighted by Gasteiger charge is -2.17. The quantitative estimate of drug-likeness (QED) is 0.925. The minimum absolute atomic E-state index is 0.470. The van der Waals surface area contributed by atoms with Gasteiger partial charge in [0.1, 0.15) is 23.1 Å². The van der Waals surface area contributed by atoms with Crippen LogP contribution in [0.5, 0.6) is 5.75 Å². The molecule has 0 amide bonds. The second kappa shape index (κ2) is 6.70. The van der Waals surface area contributed by atoms with Gasteiger partial charge < -0.3 is 4.74 Å². The number of nitrogens with two attached hydrogens (primary N) is 1. The fraction of sp³-hybridized carbons (Fsp3) is 0.368. The Morgan fingerprint density at radius 3 is 2.43 bits per heavy atom. The Balaban J connectivity index is 2.21. The van der Waals surface area contributed by atoms with Crippen LogP contribution >= 0.6 is 0 Å². The highest BCUT2D eigenvalue weighted by molar-refractivity contribution is 5.78. The standard InChI is InChI=1S/C19H21N3O/c1-23-14-10-8-13(9-11-14)18-15-6-4-2-3-5-7-17(15)22-19(21)16(18)12-20/h8-11H,2-7H2,1H3,(H2,21,22)/p+1. The molecule has 2 aromatic rings. The SMILES string of the molecule is COc1ccc(-c2c(C#N)c(N)[nH+]c3c2CCCCCC3)cc1. The van der Waals surface area contributed by atoms with Crippen molar-refractivity contribution in [2.45, 2.75) is 38.5 Å². The number of nitrogens with zero attached hydrogens (tertiary/aromatic N) is 1. The van der Waals surface area contributed by atoms with Crippen molar-refractivity contribution in [3.8, 4) is 22.9 Å². The number of pyridine rings is 1. The van der Waals surface area contributed by atoms with Crippen molar-refractivity contribution in [2.75, 3.05) is 12.8 Å². The van der Waals surface area contributed by atoms with Gasteiger partial charge in [0.05, 0.1) is 7.11 Å². The van der Waals surface area contributed by atoms with Crippen LogP contribution in [-0.2, 0) is 12.8 Å². The number of aromatic nitrogens is 1. The summed E-state index contributed by atoms with van der Waals surface area (Å²) in [6.07, 6.45) is 6.80. The summed E-state index contributed by atoms with van der Waals surface area (Å²) in [6, 6.07) is 10.2. The Hall–Kier alpha value is -2.54. The summed E-state index contributed by atoms with van der Waals surface area (Å²) in [4.78, 5) is 3.28. The van der Waals surface area contributed by atoms with E-state index in [-0.39, 0.29) is 0 Å². The normalized spacial score (nSPS) is 14.3. The van der Waals surface area contributed by atoms with Crippen molar-refractivity contribution in [3.63, 3.8) is 0 Å². The molecule has 0 saturated carbocycles. The summed E-state index contributed by atoms with van der Waals surface area (Å²) in [5.74, 6) is 1.28. The zero-order chi connectivity index (χ0) is 16.2. The van der Waals surface area contributed by atoms with Crippen molar-refractivity contribution < 1.29 is 9.72 Å². The highest BCUT2D eigenvalue weighted by Gasteiger charge is 2.23. The molecule has 3 N–H and O–H groups in total. The first-order valence-corrected chi connectivity index (χ1v) is 8.15. The highest BCUT2D eigenvalue weighted by Crippen LogP contribution is 2.34. The number of ether oxygens (including phenoxy) is 1. The van der Waals surface area contributed by atoms with Gasteiger partial charge in [-0.3, -0.25) is 5.73 Å². The number of nitrogens with one attached hydrogen (secondary N) is 1. The van der Waals surface area contributed by atoms with E-state index in [0.29, 0.717) is 11.4 Å². The molecule has 0 atom stereocenters. The number of hydrogen-bond acceptors (Lipinski definition) is 3. The predicted molar refractivity (Wildman–Crippen MR) is 90.0 cm³/mol. The van der Waals surface area contributed by atoms with Gasteiger partial charge in [-0.2, -0.15) is 5.26 Å². The monoisotopic (exact) mass is 308 g/mol. The average Bonchev–Trinajstić information content (AvgIpc) is 2.56. The maximum absolute atomic E-state index is 9.61. The number of aromatic amines is 1. The molecule has 1 aromatic heterocycles. The number of hydrogen-bond donors (Lipinski definition) is 1. The van der Waals surface area contributed by atoms with Crippen molar-refractivity contribution in [1.82, 2.24) is 0 Å². The molecule has 0 aliphatic heterocycles. The fourth-order valence-electron chi connectivity index (χ4n) is 3.38. The van der Waals surface area contributed by atoms with Crippen LogP contribution in [0.2, 0.25) is 0 Å². The Morgan fingerprint density at radius 1 is 1.09 bits per heavy atom. The lowest BCUT2D eigenvalue weighted by molar-refractivity contribution is -0.374. The molecule has 1 aliphatic rings. The first-order chi connectivity index (χ1) is 11.2. The topological polar surface area (TPSA) is 73.2 Å². The average molecular weight is 308 g/mol. The molecule has 0 saturated heterocycles. The minimum atomic E-state index is 0.470. The maximum atomic E-state index is 9.61. The van der Waals surface area contributed by atoms with Gasteiger partial charge in [0, 0.05) is 17.5 Å². The van der Waals surface area contributed by atoms with E-state index in [1.54, 1.807) is 7.11 Å². The summed E-state index contributed by atoms with van der Waals surface area (Å²) in [5, 5.41) is 9.61. The molecule has 0 unspecified atom stereocenters. The summed E-state index contributed by atoms with van der Waals surface area (Å²) < 4.78 is 5.24. The molecule has 1 heterocycles. The van der Waals surface area contributed by atoms with E-state index < -0.39 is 0 Å². The van der Waals surface area contributed by atoms with Crippen molar-refractivity contribution >= 4 is 5.82 Å². The van der Waals surface area contributed by atoms with Crippen LogP contribution in [0, 0.1) is 11.3 Å². The van der Waals surface area contributed by atoms with Crippen molar-refractivity contribution in [3.05, 3.63) is 41.1 Å². The minimum Gasteiger partial charge on any atom is -0.497 e. The summed E-state index contributed by atoms with van der Waals surface area (Å²) >= 11 is 0. The lowest BCUT2D eigenvalue weighted by atomic mass is 9.88. The molecule has 4 heteroatoms. The molecule has 1 aliphatic carbocycles. The van der Waals surface area contributed by atoms with Crippen LogP contribution < -0.4 is 15.5 Å². The molecular weight excluding hydrogens is 286 g/mol. The first-order valence-electron chi connectivity index (χ1n) is 8.15. The van der Waals surface area contributed by atoms with E-state index in [1.165, 1.54) is 24.1 Å². The van der Waals surface area contributed by atoms with Gasteiger partial charge in [-0.25, -0.2) is 4.98 Å². The maximum Gasteiger partial charge on any atom is 0.289 e. The van der Waals surface area contributed by atoms with E-state index >= 15 is 0 Å². The second-order valence-corrected chi connectivity index (χ2v) is 6.00. The number of aryl methyl sites for hydroxylation is 1. The smallest absolute Gasteiger partial charge is 0.289 e. The lowest BCUT2D eigenvalue weighted by Crippen LogP contribution is -2.23. The third kappa shape index (κ3) is 3.00. The largest absolute Gasteiger partial charge is 0.497 e. The zero-order valence-electron chi connectivity index (χ0n) is 13.5. The molecule has 0 radical (unpaired) electrons. The number of rotatable bonds is 2. The number of anilines is 1. The van der Waals surface area contributed by atoms with Gasteiger partial charge in [-0.15, -0.1) is 0 Å². The summed E-state index contributed by atoms with van der Waals surface area (Å²) in [6.45, 7) is 0. The number of H-pyrrole nitrogens is 1. The molecule has 1 aromatic carbocycles. The fourth-order valence-corrected chi connectivity index (χ4v) is 3.38. The van der Waals surface area contributed by atoms with Crippen LogP contribution in [0.4, 0.5) is 5.82 Å². The number of nitriles is 1. The van der Waals surface area contributed by atoms with E-state index in [4.69, 9.17) is 10.5 Å².